The Bertz CT molecular complexity index is 1150. The van der Waals surface area contributed by atoms with E-state index < -0.39 is 17.6 Å². The monoisotopic (exact) mass is 490 g/mol. The minimum Gasteiger partial charge on any atom is -0.378 e. The maximum atomic E-state index is 13.7. The summed E-state index contributed by atoms with van der Waals surface area (Å²) < 4.78 is 48.4. The molecule has 2 heterocycles. The molecule has 1 aromatic heterocycles. The Morgan fingerprint density at radius 2 is 1.79 bits per heavy atom. The summed E-state index contributed by atoms with van der Waals surface area (Å²) in [5.74, 6) is -0.616. The second-order valence-corrected chi connectivity index (χ2v) is 9.03. The van der Waals surface area contributed by atoms with E-state index in [1.54, 1.807) is 18.5 Å². The fourth-order valence-electron chi connectivity index (χ4n) is 3.89. The number of aromatic nitrogens is 2. The molecule has 34 heavy (non-hydrogen) atoms. The highest BCUT2D eigenvalue weighted by molar-refractivity contribution is 7.99. The topological polar surface area (TPSA) is 59.4 Å². The number of morpholine rings is 1. The number of hydrogen-bond acceptors (Lipinski definition) is 5. The van der Waals surface area contributed by atoms with Gasteiger partial charge >= 0.3 is 6.18 Å². The molecule has 1 aliphatic rings. The predicted molar refractivity (Wildman–Crippen MR) is 127 cm³/mol. The summed E-state index contributed by atoms with van der Waals surface area (Å²) in [6.07, 6.45) is -1.18. The SMILES string of the molecule is Cc1cc(C)cc(-n2ccnc2SCC(=O)Nc2ccc(N3CCOCC3)cc2C(F)(F)F)c1. The normalized spacial score (nSPS) is 14.3. The molecule has 0 unspecified atom stereocenters. The molecular formula is C24H25F3N4O2S. The molecule has 2 aromatic carbocycles. The first kappa shape index (κ1) is 24.2. The number of benzene rings is 2. The van der Waals surface area contributed by atoms with Crippen LogP contribution in [0.5, 0.6) is 0 Å². The Kier molecular flexibility index (Phi) is 7.18. The lowest BCUT2D eigenvalue weighted by molar-refractivity contribution is -0.136. The van der Waals surface area contributed by atoms with E-state index in [1.807, 2.05) is 35.4 Å². The van der Waals surface area contributed by atoms with Crippen LogP contribution in [0.4, 0.5) is 24.5 Å². The average Bonchev–Trinajstić information content (AvgIpc) is 3.26. The number of anilines is 2. The largest absolute Gasteiger partial charge is 0.418 e. The van der Waals surface area contributed by atoms with Crippen LogP contribution in [0.15, 0.2) is 53.9 Å². The summed E-state index contributed by atoms with van der Waals surface area (Å²) in [6, 6.07) is 10.1. The number of nitrogens with zero attached hydrogens (tertiary/aromatic N) is 3. The number of hydrogen-bond donors (Lipinski definition) is 1. The number of carbonyl (C=O) groups excluding carboxylic acids is 1. The van der Waals surface area contributed by atoms with Crippen LogP contribution in [-0.2, 0) is 15.7 Å². The summed E-state index contributed by atoms with van der Waals surface area (Å²) in [4.78, 5) is 18.7. The van der Waals surface area contributed by atoms with Crippen molar-refractivity contribution in [2.45, 2.75) is 25.2 Å². The van der Waals surface area contributed by atoms with Crippen LogP contribution in [0, 0.1) is 13.8 Å². The molecule has 0 atom stereocenters. The number of halogens is 3. The van der Waals surface area contributed by atoms with Gasteiger partial charge in [-0.15, -0.1) is 0 Å². The van der Waals surface area contributed by atoms with Crippen molar-refractivity contribution in [2.24, 2.45) is 0 Å². The highest BCUT2D eigenvalue weighted by Gasteiger charge is 2.35. The van der Waals surface area contributed by atoms with Crippen molar-refractivity contribution in [3.63, 3.8) is 0 Å². The smallest absolute Gasteiger partial charge is 0.378 e. The summed E-state index contributed by atoms with van der Waals surface area (Å²) in [5.41, 5.74) is 2.43. The molecule has 0 radical (unpaired) electrons. The Labute approximate surface area is 200 Å². The molecule has 6 nitrogen and oxygen atoms in total. The van der Waals surface area contributed by atoms with E-state index in [0.29, 0.717) is 37.1 Å². The minimum absolute atomic E-state index is 0.0790. The van der Waals surface area contributed by atoms with Crippen LogP contribution in [0.3, 0.4) is 0 Å². The molecule has 0 aliphatic carbocycles. The first-order chi connectivity index (χ1) is 16.2. The number of amides is 1. The molecule has 10 heteroatoms. The molecular weight excluding hydrogens is 465 g/mol. The molecule has 0 saturated carbocycles. The van der Waals surface area contributed by atoms with E-state index in [0.717, 1.165) is 34.6 Å². The van der Waals surface area contributed by atoms with E-state index in [9.17, 15) is 18.0 Å². The van der Waals surface area contributed by atoms with Crippen molar-refractivity contribution < 1.29 is 22.7 Å². The van der Waals surface area contributed by atoms with Gasteiger partial charge in [-0.05, 0) is 55.3 Å². The Morgan fingerprint density at radius 3 is 2.47 bits per heavy atom. The number of carbonyl (C=O) groups is 1. The Balaban J connectivity index is 1.47. The van der Waals surface area contributed by atoms with Crippen molar-refractivity contribution in [3.05, 3.63) is 65.5 Å². The van der Waals surface area contributed by atoms with Crippen molar-refractivity contribution >= 4 is 29.0 Å². The molecule has 0 bridgehead atoms. The summed E-state index contributed by atoms with van der Waals surface area (Å²) in [6.45, 7) is 5.97. The molecule has 4 rings (SSSR count). The molecule has 0 spiro atoms. The van der Waals surface area contributed by atoms with Crippen molar-refractivity contribution in [2.75, 3.05) is 42.3 Å². The summed E-state index contributed by atoms with van der Waals surface area (Å²) >= 11 is 1.16. The zero-order valence-electron chi connectivity index (χ0n) is 18.9. The fourth-order valence-corrected chi connectivity index (χ4v) is 4.67. The first-order valence-electron chi connectivity index (χ1n) is 10.8. The lowest BCUT2D eigenvalue weighted by atomic mass is 10.1. The number of rotatable bonds is 6. The third kappa shape index (κ3) is 5.74. The van der Waals surface area contributed by atoms with E-state index in [2.05, 4.69) is 16.4 Å². The highest BCUT2D eigenvalue weighted by Crippen LogP contribution is 2.37. The zero-order chi connectivity index (χ0) is 24.3. The van der Waals surface area contributed by atoms with Crippen molar-refractivity contribution in [1.82, 2.24) is 9.55 Å². The summed E-state index contributed by atoms with van der Waals surface area (Å²) in [7, 11) is 0. The van der Waals surface area contributed by atoms with Gasteiger partial charge in [-0.2, -0.15) is 13.2 Å². The minimum atomic E-state index is -4.60. The second-order valence-electron chi connectivity index (χ2n) is 8.09. The average molecular weight is 491 g/mol. The number of nitrogens with one attached hydrogen (secondary N) is 1. The fraction of sp³-hybridized carbons (Fsp3) is 0.333. The third-order valence-corrected chi connectivity index (χ3v) is 6.35. The quantitative estimate of drug-likeness (QED) is 0.489. The van der Waals surface area contributed by atoms with Crippen LogP contribution in [0.2, 0.25) is 0 Å². The molecule has 1 saturated heterocycles. The molecule has 1 fully saturated rings. The van der Waals surface area contributed by atoms with E-state index >= 15 is 0 Å². The molecule has 1 amide bonds. The van der Waals surface area contributed by atoms with Gasteiger partial charge in [0.1, 0.15) is 0 Å². The van der Waals surface area contributed by atoms with Gasteiger partial charge in [0, 0.05) is 36.9 Å². The number of alkyl halides is 3. The Hall–Kier alpha value is -2.98. The van der Waals surface area contributed by atoms with Crippen LogP contribution in [0.1, 0.15) is 16.7 Å². The van der Waals surface area contributed by atoms with Crippen LogP contribution >= 0.6 is 11.8 Å². The lowest BCUT2D eigenvalue weighted by Gasteiger charge is -2.29. The number of ether oxygens (including phenoxy) is 1. The number of thioether (sulfide) groups is 1. The van der Waals surface area contributed by atoms with Gasteiger partial charge in [-0.1, -0.05) is 17.8 Å². The van der Waals surface area contributed by atoms with Crippen LogP contribution in [-0.4, -0.2) is 47.5 Å². The number of aryl methyl sites for hydroxylation is 2. The van der Waals surface area contributed by atoms with E-state index in [4.69, 9.17) is 4.74 Å². The van der Waals surface area contributed by atoms with Crippen molar-refractivity contribution in [3.8, 4) is 5.69 Å². The highest BCUT2D eigenvalue weighted by atomic mass is 32.2. The second kappa shape index (κ2) is 10.1. The number of imidazole rings is 1. The molecule has 1 aliphatic heterocycles. The standard InChI is InChI=1S/C24H25F3N4O2S/c1-16-11-17(2)13-19(12-16)31-6-5-28-23(31)34-15-22(32)29-21-4-3-18(14-20(21)24(25,26)27)30-7-9-33-10-8-30/h3-6,11-14H,7-10,15H2,1-2H3,(H,29,32). The summed E-state index contributed by atoms with van der Waals surface area (Å²) in [5, 5.41) is 3.01. The Morgan fingerprint density at radius 1 is 1.09 bits per heavy atom. The van der Waals surface area contributed by atoms with Gasteiger partial charge < -0.3 is 15.0 Å². The maximum Gasteiger partial charge on any atom is 0.418 e. The van der Waals surface area contributed by atoms with Gasteiger partial charge in [0.15, 0.2) is 5.16 Å². The van der Waals surface area contributed by atoms with Crippen molar-refractivity contribution in [1.29, 1.82) is 0 Å². The molecule has 3 aromatic rings. The van der Waals surface area contributed by atoms with Gasteiger partial charge in [0.25, 0.3) is 0 Å². The first-order valence-corrected chi connectivity index (χ1v) is 11.8. The third-order valence-electron chi connectivity index (χ3n) is 5.38. The van der Waals surface area contributed by atoms with E-state index in [1.165, 1.54) is 6.07 Å². The maximum absolute atomic E-state index is 13.7. The van der Waals surface area contributed by atoms with Crippen LogP contribution < -0.4 is 10.2 Å². The zero-order valence-corrected chi connectivity index (χ0v) is 19.7. The van der Waals surface area contributed by atoms with Gasteiger partial charge in [-0.3, -0.25) is 9.36 Å². The van der Waals surface area contributed by atoms with Gasteiger partial charge in [-0.25, -0.2) is 4.98 Å². The van der Waals surface area contributed by atoms with Crippen LogP contribution in [0.25, 0.3) is 5.69 Å². The van der Waals surface area contributed by atoms with Gasteiger partial charge in [0.2, 0.25) is 5.91 Å². The predicted octanol–water partition coefficient (Wildman–Crippen LogP) is 5.08. The molecule has 1 N–H and O–H groups in total. The van der Waals surface area contributed by atoms with Gasteiger partial charge in [0.05, 0.1) is 30.2 Å². The van der Waals surface area contributed by atoms with E-state index in [-0.39, 0.29) is 11.4 Å². The molecule has 180 valence electrons. The lowest BCUT2D eigenvalue weighted by Crippen LogP contribution is -2.36.